The molecule has 21 heavy (non-hydrogen) atoms. The highest BCUT2D eigenvalue weighted by atomic mass is 32.1. The molecule has 2 aromatic rings. The van der Waals surface area contributed by atoms with Crippen LogP contribution in [0.3, 0.4) is 0 Å². The van der Waals surface area contributed by atoms with Crippen molar-refractivity contribution in [3.63, 3.8) is 0 Å². The van der Waals surface area contributed by atoms with E-state index in [0.29, 0.717) is 17.2 Å². The van der Waals surface area contributed by atoms with Gasteiger partial charge in [0.25, 0.3) is 0 Å². The molecule has 0 aliphatic rings. The van der Waals surface area contributed by atoms with E-state index in [1.807, 2.05) is 0 Å². The number of hydrogen-bond donors (Lipinski definition) is 3. The second kappa shape index (κ2) is 6.80. The zero-order chi connectivity index (χ0) is 15.2. The van der Waals surface area contributed by atoms with Gasteiger partial charge in [0.05, 0.1) is 0 Å². The lowest BCUT2D eigenvalue weighted by molar-refractivity contribution is -0.136. The lowest BCUT2D eigenvalue weighted by Crippen LogP contribution is -2.20. The molecule has 0 unspecified atom stereocenters. The number of hydrogen-bond acceptors (Lipinski definition) is 5. The molecule has 0 radical (unpaired) electrons. The average Bonchev–Trinajstić information content (AvgIpc) is 2.83. The van der Waals surface area contributed by atoms with Gasteiger partial charge in [0.15, 0.2) is 0 Å². The number of carbonyl (C=O) groups is 2. The van der Waals surface area contributed by atoms with Crippen LogP contribution in [0.15, 0.2) is 24.3 Å². The zero-order valence-electron chi connectivity index (χ0n) is 11.3. The number of aliphatic carboxylic acids is 1. The number of carbonyl (C=O) groups excluding carboxylic acids is 1. The molecule has 8 heteroatoms. The fraction of sp³-hybridized carbons (Fsp3) is 0.231. The molecule has 0 saturated carbocycles. The van der Waals surface area contributed by atoms with Crippen molar-refractivity contribution in [2.24, 2.45) is 0 Å². The molecule has 0 bridgehead atoms. The van der Waals surface area contributed by atoms with Gasteiger partial charge >= 0.3 is 12.0 Å². The second-order valence-electron chi connectivity index (χ2n) is 4.26. The monoisotopic (exact) mass is 306 g/mol. The number of para-hydroxylation sites is 1. The summed E-state index contributed by atoms with van der Waals surface area (Å²) in [6.07, 6.45) is 0.361. The van der Waals surface area contributed by atoms with Crippen LogP contribution in [0.2, 0.25) is 0 Å². The van der Waals surface area contributed by atoms with Gasteiger partial charge in [-0.15, -0.1) is 10.2 Å². The summed E-state index contributed by atoms with van der Waals surface area (Å²) in [5.41, 5.74) is 1.35. The third kappa shape index (κ3) is 4.53. The minimum absolute atomic E-state index is 0.00983. The van der Waals surface area contributed by atoms with E-state index in [1.54, 1.807) is 31.2 Å². The van der Waals surface area contributed by atoms with Gasteiger partial charge in [-0.05, 0) is 25.0 Å². The number of urea groups is 1. The maximum absolute atomic E-state index is 11.9. The van der Waals surface area contributed by atoms with Crippen LogP contribution in [0.25, 0.3) is 0 Å². The summed E-state index contributed by atoms with van der Waals surface area (Å²) < 4.78 is 0. The Morgan fingerprint density at radius 3 is 2.67 bits per heavy atom. The standard InChI is InChI=1S/C13H14N4O3S/c1-8-16-17-13(21-8)15-12(20)14-10-5-3-2-4-9(10)6-7-11(18)19/h2-5H,6-7H2,1H3,(H,18,19)(H2,14,15,17,20). The first-order chi connectivity index (χ1) is 10.0. The second-order valence-corrected chi connectivity index (χ2v) is 5.44. The first-order valence-corrected chi connectivity index (χ1v) is 7.04. The van der Waals surface area contributed by atoms with Gasteiger partial charge in [-0.25, -0.2) is 4.79 Å². The quantitative estimate of drug-likeness (QED) is 0.787. The van der Waals surface area contributed by atoms with E-state index < -0.39 is 12.0 Å². The number of benzene rings is 1. The molecule has 1 aromatic heterocycles. The Morgan fingerprint density at radius 2 is 2.00 bits per heavy atom. The van der Waals surface area contributed by atoms with Crippen molar-refractivity contribution in [2.75, 3.05) is 10.6 Å². The number of amides is 2. The summed E-state index contributed by atoms with van der Waals surface area (Å²) in [5, 5.41) is 22.8. The van der Waals surface area contributed by atoms with E-state index in [-0.39, 0.29) is 6.42 Å². The van der Waals surface area contributed by atoms with E-state index >= 15 is 0 Å². The zero-order valence-corrected chi connectivity index (χ0v) is 12.1. The van der Waals surface area contributed by atoms with E-state index in [9.17, 15) is 9.59 Å². The van der Waals surface area contributed by atoms with Crippen molar-refractivity contribution >= 4 is 34.2 Å². The molecule has 7 nitrogen and oxygen atoms in total. The Bertz CT molecular complexity index is 656. The van der Waals surface area contributed by atoms with Crippen LogP contribution >= 0.6 is 11.3 Å². The summed E-state index contributed by atoms with van der Waals surface area (Å²) in [6.45, 7) is 1.79. The van der Waals surface area contributed by atoms with E-state index in [4.69, 9.17) is 5.11 Å². The van der Waals surface area contributed by atoms with Crippen LogP contribution in [0, 0.1) is 6.92 Å². The number of nitrogens with zero attached hydrogens (tertiary/aromatic N) is 2. The van der Waals surface area contributed by atoms with Crippen molar-refractivity contribution < 1.29 is 14.7 Å². The maximum Gasteiger partial charge on any atom is 0.325 e. The van der Waals surface area contributed by atoms with Gasteiger partial charge in [-0.3, -0.25) is 10.1 Å². The molecule has 0 aliphatic carbocycles. The molecule has 1 aromatic carbocycles. The van der Waals surface area contributed by atoms with Gasteiger partial charge in [-0.1, -0.05) is 29.5 Å². The molecule has 110 valence electrons. The van der Waals surface area contributed by atoms with Gasteiger partial charge in [0.1, 0.15) is 5.01 Å². The lowest BCUT2D eigenvalue weighted by atomic mass is 10.1. The fourth-order valence-electron chi connectivity index (χ4n) is 1.70. The van der Waals surface area contributed by atoms with Gasteiger partial charge in [0, 0.05) is 12.1 Å². The average molecular weight is 306 g/mol. The Kier molecular flexibility index (Phi) is 4.83. The van der Waals surface area contributed by atoms with Gasteiger partial charge in [-0.2, -0.15) is 0 Å². The first kappa shape index (κ1) is 14.9. The minimum Gasteiger partial charge on any atom is -0.481 e. The van der Waals surface area contributed by atoms with Crippen LogP contribution in [-0.2, 0) is 11.2 Å². The van der Waals surface area contributed by atoms with Crippen molar-refractivity contribution in [1.82, 2.24) is 10.2 Å². The molecule has 0 spiro atoms. The SMILES string of the molecule is Cc1nnc(NC(=O)Nc2ccccc2CCC(=O)O)s1. The molecular weight excluding hydrogens is 292 g/mol. The van der Waals surface area contributed by atoms with Gasteiger partial charge < -0.3 is 10.4 Å². The highest BCUT2D eigenvalue weighted by molar-refractivity contribution is 7.15. The van der Waals surface area contributed by atoms with Crippen molar-refractivity contribution in [3.8, 4) is 0 Å². The molecular formula is C13H14N4O3S. The van der Waals surface area contributed by atoms with E-state index in [2.05, 4.69) is 20.8 Å². The summed E-state index contributed by atoms with van der Waals surface area (Å²) in [7, 11) is 0. The number of rotatable bonds is 5. The topological polar surface area (TPSA) is 104 Å². The number of nitrogens with one attached hydrogen (secondary N) is 2. The summed E-state index contributed by atoms with van der Waals surface area (Å²) in [5.74, 6) is -0.876. The Hall–Kier alpha value is -2.48. The highest BCUT2D eigenvalue weighted by Crippen LogP contribution is 2.18. The molecule has 0 aliphatic heterocycles. The third-order valence-electron chi connectivity index (χ3n) is 2.62. The normalized spacial score (nSPS) is 10.1. The molecule has 3 N–H and O–H groups in total. The molecule has 2 amide bonds. The Balaban J connectivity index is 2.01. The highest BCUT2D eigenvalue weighted by Gasteiger charge is 2.10. The van der Waals surface area contributed by atoms with Crippen molar-refractivity contribution in [1.29, 1.82) is 0 Å². The van der Waals surface area contributed by atoms with Crippen LogP contribution in [0.4, 0.5) is 15.6 Å². The van der Waals surface area contributed by atoms with E-state index in [1.165, 1.54) is 11.3 Å². The smallest absolute Gasteiger partial charge is 0.325 e. The summed E-state index contributed by atoms with van der Waals surface area (Å²) >= 11 is 1.27. The van der Waals surface area contributed by atoms with Crippen LogP contribution < -0.4 is 10.6 Å². The maximum atomic E-state index is 11.9. The minimum atomic E-state index is -0.876. The number of aromatic nitrogens is 2. The lowest BCUT2D eigenvalue weighted by Gasteiger charge is -2.10. The number of carboxylic acid groups (broad SMARTS) is 1. The number of anilines is 2. The van der Waals surface area contributed by atoms with Crippen molar-refractivity contribution in [3.05, 3.63) is 34.8 Å². The predicted molar refractivity (Wildman–Crippen MR) is 79.7 cm³/mol. The molecule has 0 atom stereocenters. The van der Waals surface area contributed by atoms with Crippen molar-refractivity contribution in [2.45, 2.75) is 19.8 Å². The number of aryl methyl sites for hydroxylation is 2. The first-order valence-electron chi connectivity index (χ1n) is 6.22. The summed E-state index contributed by atoms with van der Waals surface area (Å²) in [6, 6.07) is 6.65. The Morgan fingerprint density at radius 1 is 1.24 bits per heavy atom. The fourth-order valence-corrected chi connectivity index (χ4v) is 2.29. The van der Waals surface area contributed by atoms with Crippen LogP contribution in [-0.4, -0.2) is 27.3 Å². The largest absolute Gasteiger partial charge is 0.481 e. The van der Waals surface area contributed by atoms with Crippen LogP contribution in [0.5, 0.6) is 0 Å². The molecule has 1 heterocycles. The van der Waals surface area contributed by atoms with Gasteiger partial charge in [0.2, 0.25) is 5.13 Å². The molecule has 0 fully saturated rings. The Labute approximate surface area is 125 Å². The number of carboxylic acids is 1. The molecule has 2 rings (SSSR count). The summed E-state index contributed by atoms with van der Waals surface area (Å²) in [4.78, 5) is 22.5. The molecule has 0 saturated heterocycles. The predicted octanol–water partition coefficient (Wildman–Crippen LogP) is 2.51. The van der Waals surface area contributed by atoms with E-state index in [0.717, 1.165) is 10.6 Å². The van der Waals surface area contributed by atoms with Crippen LogP contribution in [0.1, 0.15) is 17.0 Å². The third-order valence-corrected chi connectivity index (χ3v) is 3.37.